The molecule has 0 atom stereocenters. The number of aryl methyl sites for hydroxylation is 1. The molecule has 2 rings (SSSR count). The van der Waals surface area contributed by atoms with E-state index in [0.29, 0.717) is 4.88 Å². The van der Waals surface area contributed by atoms with Gasteiger partial charge in [-0.25, -0.2) is 0 Å². The molecule has 104 valence electrons. The van der Waals surface area contributed by atoms with Crippen molar-refractivity contribution in [2.24, 2.45) is 0 Å². The SMILES string of the molecule is C=CCN(CC(=O)O)C(=O)c1sc2ccccc2c1C. The molecule has 5 heteroatoms. The Morgan fingerprint density at radius 3 is 2.70 bits per heavy atom. The molecule has 1 aromatic heterocycles. The Balaban J connectivity index is 2.40. The lowest BCUT2D eigenvalue weighted by molar-refractivity contribution is -0.137. The number of rotatable bonds is 5. The van der Waals surface area contributed by atoms with E-state index in [2.05, 4.69) is 6.58 Å². The maximum atomic E-state index is 12.5. The first-order valence-electron chi connectivity index (χ1n) is 6.14. The van der Waals surface area contributed by atoms with Crippen molar-refractivity contribution in [2.45, 2.75) is 6.92 Å². The number of carbonyl (C=O) groups excluding carboxylic acids is 1. The van der Waals surface area contributed by atoms with E-state index >= 15 is 0 Å². The molecule has 0 saturated carbocycles. The van der Waals surface area contributed by atoms with Gasteiger partial charge in [0, 0.05) is 11.2 Å². The van der Waals surface area contributed by atoms with Gasteiger partial charge in [0.25, 0.3) is 5.91 Å². The zero-order valence-electron chi connectivity index (χ0n) is 11.1. The summed E-state index contributed by atoms with van der Waals surface area (Å²) in [6.45, 7) is 5.35. The van der Waals surface area contributed by atoms with Gasteiger partial charge >= 0.3 is 5.97 Å². The summed E-state index contributed by atoms with van der Waals surface area (Å²) in [4.78, 5) is 25.2. The van der Waals surface area contributed by atoms with E-state index in [4.69, 9.17) is 5.11 Å². The van der Waals surface area contributed by atoms with Crippen molar-refractivity contribution in [1.82, 2.24) is 4.90 Å². The van der Waals surface area contributed by atoms with Crippen LogP contribution in [0.1, 0.15) is 15.2 Å². The van der Waals surface area contributed by atoms with Crippen LogP contribution in [-0.4, -0.2) is 35.0 Å². The Labute approximate surface area is 120 Å². The fourth-order valence-electron chi connectivity index (χ4n) is 2.06. The van der Waals surface area contributed by atoms with Crippen LogP contribution in [0.5, 0.6) is 0 Å². The van der Waals surface area contributed by atoms with Crippen molar-refractivity contribution in [3.05, 3.63) is 47.4 Å². The maximum absolute atomic E-state index is 12.5. The molecule has 0 saturated heterocycles. The highest BCUT2D eigenvalue weighted by atomic mass is 32.1. The Morgan fingerprint density at radius 2 is 2.10 bits per heavy atom. The zero-order chi connectivity index (χ0) is 14.7. The Morgan fingerprint density at radius 1 is 1.40 bits per heavy atom. The van der Waals surface area contributed by atoms with Crippen LogP contribution in [0.4, 0.5) is 0 Å². The summed E-state index contributed by atoms with van der Waals surface area (Å²) in [6, 6.07) is 7.77. The fraction of sp³-hybridized carbons (Fsp3) is 0.200. The first kappa shape index (κ1) is 14.3. The molecule has 1 aromatic carbocycles. The summed E-state index contributed by atoms with van der Waals surface area (Å²) in [6.07, 6.45) is 1.53. The number of carboxylic acid groups (broad SMARTS) is 1. The molecule has 0 unspecified atom stereocenters. The first-order valence-corrected chi connectivity index (χ1v) is 6.96. The number of hydrogen-bond donors (Lipinski definition) is 1. The van der Waals surface area contributed by atoms with Gasteiger partial charge in [0.1, 0.15) is 6.54 Å². The second kappa shape index (κ2) is 5.88. The van der Waals surface area contributed by atoms with Gasteiger partial charge in [-0.3, -0.25) is 9.59 Å². The van der Waals surface area contributed by atoms with Gasteiger partial charge < -0.3 is 10.0 Å². The third kappa shape index (κ3) is 2.72. The van der Waals surface area contributed by atoms with Crippen molar-refractivity contribution < 1.29 is 14.7 Å². The van der Waals surface area contributed by atoms with E-state index < -0.39 is 5.97 Å². The van der Waals surface area contributed by atoms with Crippen LogP contribution in [0.15, 0.2) is 36.9 Å². The van der Waals surface area contributed by atoms with E-state index in [-0.39, 0.29) is 19.0 Å². The highest BCUT2D eigenvalue weighted by Gasteiger charge is 2.22. The molecular formula is C15H15NO3S. The second-order valence-electron chi connectivity index (χ2n) is 4.42. The summed E-state index contributed by atoms with van der Waals surface area (Å²) in [5.74, 6) is -1.29. The van der Waals surface area contributed by atoms with Crippen LogP contribution >= 0.6 is 11.3 Å². The fourth-order valence-corrected chi connectivity index (χ4v) is 3.24. The highest BCUT2D eigenvalue weighted by molar-refractivity contribution is 7.21. The minimum Gasteiger partial charge on any atom is -0.480 e. The molecule has 0 aliphatic heterocycles. The first-order chi connectivity index (χ1) is 9.54. The summed E-state index contributed by atoms with van der Waals surface area (Å²) in [5.41, 5.74) is 0.898. The molecular weight excluding hydrogens is 274 g/mol. The molecule has 0 radical (unpaired) electrons. The Hall–Kier alpha value is -2.14. The normalized spacial score (nSPS) is 10.4. The molecule has 0 spiro atoms. The van der Waals surface area contributed by atoms with E-state index in [1.165, 1.54) is 22.3 Å². The Kier molecular flexibility index (Phi) is 4.20. The van der Waals surface area contributed by atoms with Gasteiger partial charge in [0.15, 0.2) is 0 Å². The van der Waals surface area contributed by atoms with E-state index in [9.17, 15) is 9.59 Å². The van der Waals surface area contributed by atoms with Gasteiger partial charge in [0.05, 0.1) is 4.88 Å². The van der Waals surface area contributed by atoms with Gasteiger partial charge in [-0.15, -0.1) is 17.9 Å². The van der Waals surface area contributed by atoms with Gasteiger partial charge in [-0.05, 0) is 23.9 Å². The third-order valence-electron chi connectivity index (χ3n) is 3.00. The molecule has 1 N–H and O–H groups in total. The second-order valence-corrected chi connectivity index (χ2v) is 5.47. The average Bonchev–Trinajstić information content (AvgIpc) is 2.75. The molecule has 0 aliphatic carbocycles. The minimum absolute atomic E-state index is 0.221. The number of nitrogens with zero attached hydrogens (tertiary/aromatic N) is 1. The van der Waals surface area contributed by atoms with Crippen molar-refractivity contribution in [3.8, 4) is 0 Å². The number of carboxylic acids is 1. The summed E-state index contributed by atoms with van der Waals surface area (Å²) in [7, 11) is 0. The lowest BCUT2D eigenvalue weighted by Gasteiger charge is -2.18. The van der Waals surface area contributed by atoms with Crippen LogP contribution in [0, 0.1) is 6.92 Å². The predicted molar refractivity (Wildman–Crippen MR) is 80.3 cm³/mol. The number of carbonyl (C=O) groups is 2. The van der Waals surface area contributed by atoms with Crippen LogP contribution < -0.4 is 0 Å². The lowest BCUT2D eigenvalue weighted by atomic mass is 10.1. The van der Waals surface area contributed by atoms with E-state index in [1.807, 2.05) is 31.2 Å². The van der Waals surface area contributed by atoms with Gasteiger partial charge in [0.2, 0.25) is 0 Å². The molecule has 2 aromatic rings. The summed E-state index contributed by atoms with van der Waals surface area (Å²) >= 11 is 1.39. The van der Waals surface area contributed by atoms with Crippen LogP contribution in [0.3, 0.4) is 0 Å². The van der Waals surface area contributed by atoms with Crippen molar-refractivity contribution in [2.75, 3.05) is 13.1 Å². The molecule has 0 fully saturated rings. The number of hydrogen-bond acceptors (Lipinski definition) is 3. The van der Waals surface area contributed by atoms with Crippen molar-refractivity contribution in [3.63, 3.8) is 0 Å². The quantitative estimate of drug-likeness (QED) is 0.861. The summed E-state index contributed by atoms with van der Waals surface area (Å²) < 4.78 is 1.03. The smallest absolute Gasteiger partial charge is 0.323 e. The standard InChI is InChI=1S/C15H15NO3S/c1-3-8-16(9-13(17)18)15(19)14-10(2)11-6-4-5-7-12(11)20-14/h3-7H,1,8-9H2,2H3,(H,17,18). The third-order valence-corrected chi connectivity index (χ3v) is 4.26. The maximum Gasteiger partial charge on any atom is 0.323 e. The number of fused-ring (bicyclic) bond motifs is 1. The number of aliphatic carboxylic acids is 1. The van der Waals surface area contributed by atoms with E-state index in [1.54, 1.807) is 0 Å². The monoisotopic (exact) mass is 289 g/mol. The van der Waals surface area contributed by atoms with Crippen molar-refractivity contribution >= 4 is 33.3 Å². The number of benzene rings is 1. The minimum atomic E-state index is -1.03. The number of thiophene rings is 1. The number of amides is 1. The molecule has 20 heavy (non-hydrogen) atoms. The Bertz CT molecular complexity index is 675. The van der Waals surface area contributed by atoms with Crippen LogP contribution in [-0.2, 0) is 4.79 Å². The van der Waals surface area contributed by atoms with E-state index in [0.717, 1.165) is 15.6 Å². The molecule has 4 nitrogen and oxygen atoms in total. The van der Waals surface area contributed by atoms with Crippen LogP contribution in [0.25, 0.3) is 10.1 Å². The zero-order valence-corrected chi connectivity index (χ0v) is 11.9. The molecule has 0 bridgehead atoms. The molecule has 1 heterocycles. The largest absolute Gasteiger partial charge is 0.480 e. The topological polar surface area (TPSA) is 57.6 Å². The summed E-state index contributed by atoms with van der Waals surface area (Å²) in [5, 5.41) is 9.93. The predicted octanol–water partition coefficient (Wildman–Crippen LogP) is 2.92. The van der Waals surface area contributed by atoms with Gasteiger partial charge in [-0.1, -0.05) is 24.3 Å². The van der Waals surface area contributed by atoms with Crippen molar-refractivity contribution in [1.29, 1.82) is 0 Å². The van der Waals surface area contributed by atoms with Gasteiger partial charge in [-0.2, -0.15) is 0 Å². The average molecular weight is 289 g/mol. The molecule has 0 aliphatic rings. The highest BCUT2D eigenvalue weighted by Crippen LogP contribution is 2.31. The lowest BCUT2D eigenvalue weighted by Crippen LogP contribution is -2.35. The molecule has 1 amide bonds. The van der Waals surface area contributed by atoms with Crippen LogP contribution in [0.2, 0.25) is 0 Å².